The van der Waals surface area contributed by atoms with E-state index in [1.807, 2.05) is 0 Å². The second-order valence-corrected chi connectivity index (χ2v) is 1.48. The van der Waals surface area contributed by atoms with Gasteiger partial charge in [0.15, 0.2) is 0 Å². The van der Waals surface area contributed by atoms with Crippen molar-refractivity contribution < 1.29 is 88.8 Å². The Morgan fingerprint density at radius 1 is 1.07 bits per heavy atom. The molecule has 6 nitrogen and oxygen atoms in total. The maximum absolute atomic E-state index is 9.53. The molecule has 0 unspecified atom stereocenters. The van der Waals surface area contributed by atoms with Gasteiger partial charge in [-0.2, -0.15) is 0 Å². The number of aliphatic carboxylic acids is 3. The van der Waals surface area contributed by atoms with Crippen LogP contribution in [0.3, 0.4) is 0 Å². The van der Waals surface area contributed by atoms with Crippen molar-refractivity contribution in [3.05, 3.63) is 12.2 Å². The normalized spacial score (nSPS) is 7.21. The van der Waals surface area contributed by atoms with Crippen molar-refractivity contribution >= 4 is 17.9 Å². The Morgan fingerprint density at radius 2 is 1.36 bits per heavy atom. The molecule has 14 heavy (non-hydrogen) atoms. The van der Waals surface area contributed by atoms with Crippen molar-refractivity contribution in [2.45, 2.75) is 6.92 Å². The topological polar surface area (TPSA) is 118 Å². The van der Waals surface area contributed by atoms with Crippen LogP contribution < -0.4 is 69.3 Å². The van der Waals surface area contributed by atoms with Crippen LogP contribution in [0.15, 0.2) is 12.2 Å². The van der Waals surface area contributed by atoms with Gasteiger partial charge in [-0.15, -0.1) is 0 Å². The molecule has 0 aromatic heterocycles. The number of rotatable bonds is 2. The third kappa shape index (κ3) is 57.0. The Morgan fingerprint density at radius 3 is 1.43 bits per heavy atom. The molecule has 0 spiro atoms. The number of carboxylic acids is 3. The predicted molar refractivity (Wildman–Crippen MR) is 32.5 cm³/mol. The second-order valence-electron chi connectivity index (χ2n) is 1.48. The third-order valence-electron chi connectivity index (χ3n) is 0.362. The van der Waals surface area contributed by atoms with Crippen molar-refractivity contribution in [2.24, 2.45) is 0 Å². The van der Waals surface area contributed by atoms with Crippen LogP contribution >= 0.6 is 0 Å². The zero-order chi connectivity index (χ0) is 10.1. The Hall–Kier alpha value is 0.150. The molecule has 0 radical (unpaired) electrons. The standard InChI is InChI=1S/C4H4O4.C2H4O2.2Na/c5-3(6)1-2-4(7)8;1-2(3)4;;/h1-2H,(H,5,6)(H,7,8);1H3,(H,3,4);;/q;;2*+1/p-2/b2-1-;;;. The van der Waals surface area contributed by atoms with Gasteiger partial charge >= 0.3 is 65.1 Å². The molecule has 68 valence electrons. The van der Waals surface area contributed by atoms with Crippen LogP contribution in [-0.4, -0.2) is 23.0 Å². The van der Waals surface area contributed by atoms with Crippen LogP contribution in [0.5, 0.6) is 0 Å². The minimum atomic E-state index is -1.51. The fraction of sp³-hybridized carbons (Fsp3) is 0.167. The molecule has 0 atom stereocenters. The van der Waals surface area contributed by atoms with Gasteiger partial charge in [0, 0.05) is 12.0 Å². The van der Waals surface area contributed by atoms with E-state index in [1.54, 1.807) is 0 Å². The summed E-state index contributed by atoms with van der Waals surface area (Å²) in [6.07, 6.45) is 0.942. The van der Waals surface area contributed by atoms with Gasteiger partial charge in [-0.3, -0.25) is 0 Å². The molecule has 0 aliphatic carbocycles. The molecular weight excluding hydrogens is 214 g/mol. The summed E-state index contributed by atoms with van der Waals surface area (Å²) in [5, 5.41) is 26.1. The maximum Gasteiger partial charge on any atom is 1.00 e. The van der Waals surface area contributed by atoms with E-state index in [9.17, 15) is 14.7 Å². The van der Waals surface area contributed by atoms with Crippen LogP contribution in [-0.2, 0) is 14.4 Å². The molecule has 0 rings (SSSR count). The first-order valence-corrected chi connectivity index (χ1v) is 2.65. The Bertz CT molecular complexity index is 192. The molecule has 0 aliphatic rings. The summed E-state index contributed by atoms with van der Waals surface area (Å²) in [5.74, 6) is -3.89. The molecule has 1 N–H and O–H groups in total. The SMILES string of the molecule is CC(=O)[O-].O=C([O-])/C=C\C(=O)O.[Na+].[Na+]. The van der Waals surface area contributed by atoms with E-state index >= 15 is 0 Å². The van der Waals surface area contributed by atoms with Gasteiger partial charge in [0.1, 0.15) is 0 Å². The van der Waals surface area contributed by atoms with Crippen LogP contribution in [0.25, 0.3) is 0 Å². The Balaban J connectivity index is -0.0000000733. The first kappa shape index (κ1) is 23.8. The summed E-state index contributed by atoms with van der Waals surface area (Å²) < 4.78 is 0. The number of hydrogen-bond donors (Lipinski definition) is 1. The van der Waals surface area contributed by atoms with E-state index in [1.165, 1.54) is 0 Å². The van der Waals surface area contributed by atoms with Crippen molar-refractivity contribution in [3.63, 3.8) is 0 Å². The Labute approximate surface area is 125 Å². The maximum atomic E-state index is 9.53. The molecule has 0 bridgehead atoms. The van der Waals surface area contributed by atoms with Gasteiger partial charge in [-0.1, -0.05) is 0 Å². The fourth-order valence-corrected chi connectivity index (χ4v) is 0.139. The van der Waals surface area contributed by atoms with E-state index in [4.69, 9.17) is 15.0 Å². The zero-order valence-electron chi connectivity index (χ0n) is 8.14. The number of carbonyl (C=O) groups excluding carboxylic acids is 2. The monoisotopic (exact) mass is 220 g/mol. The molecule has 0 saturated carbocycles. The molecule has 0 heterocycles. The molecule has 0 amide bonds. The molecule has 0 saturated heterocycles. The zero-order valence-corrected chi connectivity index (χ0v) is 12.1. The van der Waals surface area contributed by atoms with Crippen LogP contribution in [0.4, 0.5) is 0 Å². The second kappa shape index (κ2) is 15.6. The fourth-order valence-electron chi connectivity index (χ4n) is 0.139. The van der Waals surface area contributed by atoms with Gasteiger partial charge in [0.25, 0.3) is 0 Å². The summed E-state index contributed by atoms with van der Waals surface area (Å²) in [4.78, 5) is 27.9. The molecule has 0 aromatic rings. The number of carbonyl (C=O) groups is 3. The first-order chi connectivity index (χ1) is 5.36. The van der Waals surface area contributed by atoms with E-state index < -0.39 is 17.9 Å². The van der Waals surface area contributed by atoms with Crippen LogP contribution in [0, 0.1) is 0 Å². The van der Waals surface area contributed by atoms with Gasteiger partial charge in [-0.25, -0.2) is 4.79 Å². The third-order valence-corrected chi connectivity index (χ3v) is 0.362. The summed E-state index contributed by atoms with van der Waals surface area (Å²) in [7, 11) is 0. The minimum Gasteiger partial charge on any atom is -0.550 e. The van der Waals surface area contributed by atoms with Crippen LogP contribution in [0.1, 0.15) is 6.92 Å². The predicted octanol–water partition coefficient (Wildman–Crippen LogP) is -8.86. The van der Waals surface area contributed by atoms with Gasteiger partial charge in [-0.05, 0) is 13.0 Å². The molecule has 0 aromatic carbocycles. The van der Waals surface area contributed by atoms with Crippen molar-refractivity contribution in [2.75, 3.05) is 0 Å². The largest absolute Gasteiger partial charge is 1.00 e. The number of hydrogen-bond acceptors (Lipinski definition) is 5. The van der Waals surface area contributed by atoms with Crippen molar-refractivity contribution in [1.82, 2.24) is 0 Å². The molecule has 0 fully saturated rings. The minimum absolute atomic E-state index is 0. The van der Waals surface area contributed by atoms with E-state index in [2.05, 4.69) is 0 Å². The number of carboxylic acid groups (broad SMARTS) is 3. The van der Waals surface area contributed by atoms with E-state index in [0.717, 1.165) is 6.92 Å². The smallest absolute Gasteiger partial charge is 0.550 e. The summed E-state index contributed by atoms with van der Waals surface area (Å²) in [5.41, 5.74) is 0. The summed E-state index contributed by atoms with van der Waals surface area (Å²) in [6.45, 7) is 0.972. The van der Waals surface area contributed by atoms with E-state index in [-0.39, 0.29) is 59.1 Å². The van der Waals surface area contributed by atoms with Crippen LogP contribution in [0.2, 0.25) is 0 Å². The first-order valence-electron chi connectivity index (χ1n) is 2.65. The summed E-state index contributed by atoms with van der Waals surface area (Å²) in [6, 6.07) is 0. The van der Waals surface area contributed by atoms with Crippen molar-refractivity contribution in [1.29, 1.82) is 0 Å². The average Bonchev–Trinajstić information content (AvgIpc) is 1.82. The molecule has 0 aliphatic heterocycles. The molecule has 8 heteroatoms. The van der Waals surface area contributed by atoms with Gasteiger partial charge < -0.3 is 24.9 Å². The van der Waals surface area contributed by atoms with Crippen molar-refractivity contribution in [3.8, 4) is 0 Å². The summed E-state index contributed by atoms with van der Waals surface area (Å²) >= 11 is 0. The van der Waals surface area contributed by atoms with E-state index in [0.29, 0.717) is 12.2 Å². The van der Waals surface area contributed by atoms with Gasteiger partial charge in [0.2, 0.25) is 0 Å². The molecular formula is C6H6Na2O6. The van der Waals surface area contributed by atoms with Gasteiger partial charge in [0.05, 0.1) is 5.97 Å². The average molecular weight is 220 g/mol. The quantitative estimate of drug-likeness (QED) is 0.364. The Kier molecular flexibility index (Phi) is 26.5.